The number of rotatable bonds is 7. The highest BCUT2D eigenvalue weighted by Gasteiger charge is 2.31. The van der Waals surface area contributed by atoms with Crippen molar-refractivity contribution in [3.8, 4) is 0 Å². The van der Waals surface area contributed by atoms with E-state index in [9.17, 15) is 18.0 Å². The lowest BCUT2D eigenvalue weighted by Crippen LogP contribution is -2.44. The number of carbonyl (C=O) groups excluding carboxylic acids is 1. The molecule has 2 unspecified atom stereocenters. The van der Waals surface area contributed by atoms with Gasteiger partial charge in [-0.1, -0.05) is 26.0 Å². The zero-order valence-electron chi connectivity index (χ0n) is 15.5. The Labute approximate surface area is 171 Å². The first-order chi connectivity index (χ1) is 11.9. The van der Waals surface area contributed by atoms with Crippen molar-refractivity contribution in [2.24, 2.45) is 0 Å². The van der Waals surface area contributed by atoms with Crippen molar-refractivity contribution < 1.29 is 18.0 Å². The average Bonchev–Trinajstić information content (AvgIpc) is 3.12. The fourth-order valence-electron chi connectivity index (χ4n) is 3.25. The molecule has 1 aliphatic heterocycles. The van der Waals surface area contributed by atoms with Gasteiger partial charge in [0.05, 0.1) is 17.6 Å². The van der Waals surface area contributed by atoms with E-state index >= 15 is 0 Å². The number of hydrogen-bond acceptors (Lipinski definition) is 3. The van der Waals surface area contributed by atoms with E-state index in [0.717, 1.165) is 50.2 Å². The summed E-state index contributed by atoms with van der Waals surface area (Å²) in [5.41, 5.74) is 0.116. The van der Waals surface area contributed by atoms with Crippen molar-refractivity contribution in [3.05, 3.63) is 35.4 Å². The molecule has 0 saturated carbocycles. The number of hydrogen-bond donors (Lipinski definition) is 2. The summed E-state index contributed by atoms with van der Waals surface area (Å²) < 4.78 is 38.3. The van der Waals surface area contributed by atoms with Crippen LogP contribution in [0.3, 0.4) is 0 Å². The topological polar surface area (TPSA) is 44.4 Å². The first kappa shape index (κ1) is 26.0. The Hall–Kier alpha value is -1.02. The predicted molar refractivity (Wildman–Crippen MR) is 106 cm³/mol. The van der Waals surface area contributed by atoms with E-state index in [1.807, 2.05) is 13.8 Å². The lowest BCUT2D eigenvalue weighted by Gasteiger charge is -2.31. The molecule has 1 saturated heterocycles. The van der Waals surface area contributed by atoms with Crippen LogP contribution >= 0.6 is 24.8 Å². The van der Waals surface area contributed by atoms with Crippen molar-refractivity contribution in [2.45, 2.75) is 44.9 Å². The second kappa shape index (κ2) is 11.7. The van der Waals surface area contributed by atoms with E-state index in [1.54, 1.807) is 0 Å². The highest BCUT2D eigenvalue weighted by molar-refractivity contribution is 5.85. The number of nitrogens with zero attached hydrogens (tertiary/aromatic N) is 1. The molecule has 0 spiro atoms. The quantitative estimate of drug-likeness (QED) is 0.692. The van der Waals surface area contributed by atoms with Crippen LogP contribution in [0.4, 0.5) is 13.2 Å². The Morgan fingerprint density at radius 3 is 2.26 bits per heavy atom. The molecule has 1 aromatic rings. The Morgan fingerprint density at radius 1 is 1.22 bits per heavy atom. The Kier molecular flexibility index (Phi) is 11.3. The van der Waals surface area contributed by atoms with Crippen molar-refractivity contribution in [1.82, 2.24) is 15.5 Å². The van der Waals surface area contributed by atoms with Crippen LogP contribution in [0.2, 0.25) is 0 Å². The van der Waals surface area contributed by atoms with E-state index in [1.165, 1.54) is 12.1 Å². The van der Waals surface area contributed by atoms with Gasteiger partial charge in [0, 0.05) is 6.54 Å². The molecule has 0 bridgehead atoms. The van der Waals surface area contributed by atoms with E-state index in [4.69, 9.17) is 0 Å². The second-order valence-corrected chi connectivity index (χ2v) is 6.25. The van der Waals surface area contributed by atoms with Crippen molar-refractivity contribution in [2.75, 3.05) is 26.2 Å². The van der Waals surface area contributed by atoms with Crippen LogP contribution in [0.15, 0.2) is 24.3 Å². The molecule has 2 N–H and O–H groups in total. The number of amides is 1. The summed E-state index contributed by atoms with van der Waals surface area (Å²) in [6.07, 6.45) is -2.54. The van der Waals surface area contributed by atoms with Crippen LogP contribution in [0, 0.1) is 0 Å². The molecule has 1 amide bonds. The van der Waals surface area contributed by atoms with Crippen LogP contribution in [-0.4, -0.2) is 43.0 Å². The highest BCUT2D eigenvalue weighted by atomic mass is 35.5. The summed E-state index contributed by atoms with van der Waals surface area (Å²) >= 11 is 0. The van der Waals surface area contributed by atoms with Crippen molar-refractivity contribution in [1.29, 1.82) is 0 Å². The number of halogens is 5. The molecule has 1 aromatic carbocycles. The summed E-state index contributed by atoms with van der Waals surface area (Å²) in [5.74, 6) is -0.0402. The third-order valence-corrected chi connectivity index (χ3v) is 4.72. The van der Waals surface area contributed by atoms with E-state index in [2.05, 4.69) is 15.5 Å². The van der Waals surface area contributed by atoms with E-state index < -0.39 is 11.7 Å². The number of carbonyl (C=O) groups is 1. The lowest BCUT2D eigenvalue weighted by atomic mass is 10.0. The van der Waals surface area contributed by atoms with Gasteiger partial charge in [-0.2, -0.15) is 13.2 Å². The molecule has 27 heavy (non-hydrogen) atoms. The summed E-state index contributed by atoms with van der Waals surface area (Å²) in [4.78, 5) is 14.4. The first-order valence-electron chi connectivity index (χ1n) is 8.79. The third kappa shape index (κ3) is 7.14. The lowest BCUT2D eigenvalue weighted by molar-refractivity contribution is -0.137. The van der Waals surface area contributed by atoms with E-state index in [0.29, 0.717) is 6.54 Å². The molecule has 2 atom stereocenters. The molecule has 1 aliphatic rings. The second-order valence-electron chi connectivity index (χ2n) is 6.25. The smallest absolute Gasteiger partial charge is 0.353 e. The summed E-state index contributed by atoms with van der Waals surface area (Å²) in [7, 11) is 0. The van der Waals surface area contributed by atoms with Gasteiger partial charge in [0.1, 0.15) is 0 Å². The monoisotopic (exact) mass is 429 g/mol. The number of nitrogens with one attached hydrogen (secondary N) is 2. The van der Waals surface area contributed by atoms with E-state index in [-0.39, 0.29) is 42.8 Å². The van der Waals surface area contributed by atoms with Gasteiger partial charge in [-0.3, -0.25) is 9.69 Å². The van der Waals surface area contributed by atoms with Crippen LogP contribution in [0.1, 0.15) is 43.9 Å². The molecule has 156 valence electrons. The molecule has 1 heterocycles. The number of benzene rings is 1. The molecule has 0 aliphatic carbocycles. The van der Waals surface area contributed by atoms with Gasteiger partial charge in [0.25, 0.3) is 0 Å². The minimum atomic E-state index is -4.34. The van der Waals surface area contributed by atoms with Gasteiger partial charge >= 0.3 is 6.18 Å². The number of alkyl halides is 3. The van der Waals surface area contributed by atoms with Gasteiger partial charge in [-0.15, -0.1) is 24.8 Å². The maximum atomic E-state index is 12.8. The predicted octanol–water partition coefficient (Wildman–Crippen LogP) is 3.80. The molecule has 4 nitrogen and oxygen atoms in total. The minimum absolute atomic E-state index is 0. The molecular weight excluding hydrogens is 402 g/mol. The molecular formula is C18H28Cl2F3N3O. The third-order valence-electron chi connectivity index (χ3n) is 4.72. The molecule has 1 fully saturated rings. The van der Waals surface area contributed by atoms with Crippen LogP contribution in [0.5, 0.6) is 0 Å². The number of likely N-dealkylation sites (N-methyl/N-ethyl adjacent to an activating group) is 1. The molecule has 0 aromatic heterocycles. The molecule has 2 rings (SSSR count). The molecule has 9 heteroatoms. The normalized spacial score (nSPS) is 17.8. The van der Waals surface area contributed by atoms with Gasteiger partial charge in [0.2, 0.25) is 5.91 Å². The zero-order chi connectivity index (χ0) is 18.4. The average molecular weight is 430 g/mol. The van der Waals surface area contributed by atoms with Crippen LogP contribution < -0.4 is 10.6 Å². The van der Waals surface area contributed by atoms with Crippen LogP contribution in [-0.2, 0) is 11.0 Å². The highest BCUT2D eigenvalue weighted by Crippen LogP contribution is 2.30. The maximum Gasteiger partial charge on any atom is 0.416 e. The Balaban J connectivity index is 0.00000338. The van der Waals surface area contributed by atoms with Crippen LogP contribution in [0.25, 0.3) is 0 Å². The summed E-state index contributed by atoms with van der Waals surface area (Å²) in [6.45, 7) is 6.72. The fourth-order valence-corrected chi connectivity index (χ4v) is 3.25. The minimum Gasteiger partial charge on any atom is -0.353 e. The van der Waals surface area contributed by atoms with Gasteiger partial charge in [0.15, 0.2) is 0 Å². The van der Waals surface area contributed by atoms with Crippen molar-refractivity contribution >= 4 is 30.7 Å². The SMILES string of the molecule is CCN(CC)C(CNC(=O)C1CCCN1)c1ccc(C(F)(F)F)cc1.Cl.Cl. The summed E-state index contributed by atoms with van der Waals surface area (Å²) in [6, 6.07) is 4.91. The molecule has 0 radical (unpaired) electrons. The first-order valence-corrected chi connectivity index (χ1v) is 8.79. The van der Waals surface area contributed by atoms with Crippen molar-refractivity contribution in [3.63, 3.8) is 0 Å². The standard InChI is InChI=1S/C18H26F3N3O.2ClH/c1-3-24(4-2)16(12-23-17(25)15-6-5-11-22-15)13-7-9-14(10-8-13)18(19,20)21;;/h7-10,15-16,22H,3-6,11-12H2,1-2H3,(H,23,25);2*1H. The maximum absolute atomic E-state index is 12.8. The Morgan fingerprint density at radius 2 is 1.81 bits per heavy atom. The van der Waals surface area contributed by atoms with Gasteiger partial charge in [-0.05, 0) is 50.2 Å². The fraction of sp³-hybridized carbons (Fsp3) is 0.611. The van der Waals surface area contributed by atoms with Gasteiger partial charge in [-0.25, -0.2) is 0 Å². The van der Waals surface area contributed by atoms with Gasteiger partial charge < -0.3 is 10.6 Å². The zero-order valence-corrected chi connectivity index (χ0v) is 17.1. The largest absolute Gasteiger partial charge is 0.416 e. The Bertz CT molecular complexity index is 560. The summed E-state index contributed by atoms with van der Waals surface area (Å²) in [5, 5.41) is 6.10.